The number of halogens is 1. The van der Waals surface area contributed by atoms with Crippen LogP contribution in [0.15, 0.2) is 47.5 Å². The van der Waals surface area contributed by atoms with Crippen LogP contribution in [0.2, 0.25) is 5.02 Å². The molecule has 1 aromatic carbocycles. The Balaban J connectivity index is 1.55. The number of hydrogen-bond donors (Lipinski definition) is 1. The van der Waals surface area contributed by atoms with Crippen molar-refractivity contribution in [1.29, 1.82) is 0 Å². The SMILES string of the molecule is Cc1ccc(S(=O)(=O)NCC2CCN(c3ccccn3)CC2)cc1Cl. The molecule has 7 heteroatoms. The van der Waals surface area contributed by atoms with E-state index in [0.29, 0.717) is 17.5 Å². The largest absolute Gasteiger partial charge is 0.357 e. The van der Waals surface area contributed by atoms with Crippen molar-refractivity contribution < 1.29 is 8.42 Å². The van der Waals surface area contributed by atoms with Crippen molar-refractivity contribution in [1.82, 2.24) is 9.71 Å². The van der Waals surface area contributed by atoms with E-state index in [4.69, 9.17) is 11.6 Å². The van der Waals surface area contributed by atoms with Crippen molar-refractivity contribution in [3.63, 3.8) is 0 Å². The van der Waals surface area contributed by atoms with Gasteiger partial charge in [0, 0.05) is 30.9 Å². The number of anilines is 1. The second-order valence-electron chi connectivity index (χ2n) is 6.38. The zero-order valence-electron chi connectivity index (χ0n) is 14.2. The van der Waals surface area contributed by atoms with Crippen molar-refractivity contribution in [2.75, 3.05) is 24.5 Å². The lowest BCUT2D eigenvalue weighted by molar-refractivity contribution is 0.400. The number of rotatable bonds is 5. The lowest BCUT2D eigenvalue weighted by atomic mass is 9.97. The number of sulfonamides is 1. The first kappa shape index (κ1) is 18.2. The van der Waals surface area contributed by atoms with Crippen molar-refractivity contribution in [2.24, 2.45) is 5.92 Å². The summed E-state index contributed by atoms with van der Waals surface area (Å²) < 4.78 is 27.6. The monoisotopic (exact) mass is 379 g/mol. The Labute approximate surface area is 154 Å². The van der Waals surface area contributed by atoms with E-state index in [2.05, 4.69) is 14.6 Å². The highest BCUT2D eigenvalue weighted by Crippen LogP contribution is 2.23. The van der Waals surface area contributed by atoms with Gasteiger partial charge in [0.2, 0.25) is 10.0 Å². The van der Waals surface area contributed by atoms with Crippen LogP contribution in [-0.4, -0.2) is 33.0 Å². The summed E-state index contributed by atoms with van der Waals surface area (Å²) in [5.74, 6) is 1.31. The molecule has 0 atom stereocenters. The maximum atomic E-state index is 12.4. The summed E-state index contributed by atoms with van der Waals surface area (Å²) in [5.41, 5.74) is 0.863. The molecule has 25 heavy (non-hydrogen) atoms. The van der Waals surface area contributed by atoms with Gasteiger partial charge in [0.25, 0.3) is 0 Å². The molecule has 1 fully saturated rings. The van der Waals surface area contributed by atoms with Gasteiger partial charge in [-0.3, -0.25) is 0 Å². The fraction of sp³-hybridized carbons (Fsp3) is 0.389. The molecule has 2 aromatic rings. The summed E-state index contributed by atoms with van der Waals surface area (Å²) in [6, 6.07) is 10.7. The second kappa shape index (κ2) is 7.72. The number of benzene rings is 1. The van der Waals surface area contributed by atoms with Gasteiger partial charge >= 0.3 is 0 Å². The quantitative estimate of drug-likeness (QED) is 0.866. The highest BCUT2D eigenvalue weighted by Gasteiger charge is 2.22. The zero-order chi connectivity index (χ0) is 17.9. The second-order valence-corrected chi connectivity index (χ2v) is 8.56. The van der Waals surface area contributed by atoms with E-state index >= 15 is 0 Å². The minimum atomic E-state index is -3.53. The van der Waals surface area contributed by atoms with Crippen LogP contribution < -0.4 is 9.62 Å². The highest BCUT2D eigenvalue weighted by atomic mass is 35.5. The molecule has 0 saturated carbocycles. The lowest BCUT2D eigenvalue weighted by Crippen LogP contribution is -2.39. The van der Waals surface area contributed by atoms with Gasteiger partial charge in [-0.15, -0.1) is 0 Å². The number of aryl methyl sites for hydroxylation is 1. The van der Waals surface area contributed by atoms with Gasteiger partial charge in [-0.05, 0) is 55.5 Å². The summed E-state index contributed by atoms with van der Waals surface area (Å²) in [6.07, 6.45) is 3.67. The highest BCUT2D eigenvalue weighted by molar-refractivity contribution is 7.89. The van der Waals surface area contributed by atoms with Crippen LogP contribution >= 0.6 is 11.6 Å². The Morgan fingerprint density at radius 3 is 2.64 bits per heavy atom. The molecule has 0 radical (unpaired) electrons. The molecule has 0 aliphatic carbocycles. The third kappa shape index (κ3) is 4.51. The third-order valence-electron chi connectivity index (χ3n) is 4.60. The van der Waals surface area contributed by atoms with Crippen LogP contribution in [0.4, 0.5) is 5.82 Å². The number of pyridine rings is 1. The number of hydrogen-bond acceptors (Lipinski definition) is 4. The van der Waals surface area contributed by atoms with E-state index in [-0.39, 0.29) is 4.90 Å². The minimum Gasteiger partial charge on any atom is -0.357 e. The first-order chi connectivity index (χ1) is 12.0. The summed E-state index contributed by atoms with van der Waals surface area (Å²) in [6.45, 7) is 4.07. The van der Waals surface area contributed by atoms with E-state index in [1.807, 2.05) is 25.1 Å². The Bertz CT molecular complexity index is 819. The van der Waals surface area contributed by atoms with Crippen molar-refractivity contribution in [2.45, 2.75) is 24.7 Å². The first-order valence-corrected chi connectivity index (χ1v) is 10.2. The molecule has 3 rings (SSSR count). The molecule has 1 aliphatic rings. The van der Waals surface area contributed by atoms with Crippen LogP contribution in [0.3, 0.4) is 0 Å². The Morgan fingerprint density at radius 2 is 2.00 bits per heavy atom. The molecule has 1 N–H and O–H groups in total. The maximum absolute atomic E-state index is 12.4. The van der Waals surface area contributed by atoms with E-state index in [1.165, 1.54) is 6.07 Å². The smallest absolute Gasteiger partial charge is 0.240 e. The van der Waals surface area contributed by atoms with Gasteiger partial charge in [-0.25, -0.2) is 18.1 Å². The molecule has 1 aliphatic heterocycles. The molecule has 1 aromatic heterocycles. The Kier molecular flexibility index (Phi) is 5.61. The van der Waals surface area contributed by atoms with Crippen LogP contribution in [0.25, 0.3) is 0 Å². The van der Waals surface area contributed by atoms with Crippen LogP contribution in [-0.2, 0) is 10.0 Å². The molecule has 134 valence electrons. The number of nitrogens with one attached hydrogen (secondary N) is 1. The van der Waals surface area contributed by atoms with Crippen LogP contribution in [0, 0.1) is 12.8 Å². The number of piperidine rings is 1. The number of nitrogens with zero attached hydrogens (tertiary/aromatic N) is 2. The van der Waals surface area contributed by atoms with E-state index < -0.39 is 10.0 Å². The molecular weight excluding hydrogens is 358 g/mol. The van der Waals surface area contributed by atoms with Crippen LogP contribution in [0.1, 0.15) is 18.4 Å². The Hall–Kier alpha value is -1.63. The molecule has 0 unspecified atom stereocenters. The molecule has 0 bridgehead atoms. The summed E-state index contributed by atoms with van der Waals surface area (Å²) in [7, 11) is -3.53. The van der Waals surface area contributed by atoms with Gasteiger partial charge in [0.1, 0.15) is 5.82 Å². The van der Waals surface area contributed by atoms with Gasteiger partial charge in [0.15, 0.2) is 0 Å². The Morgan fingerprint density at radius 1 is 1.24 bits per heavy atom. The lowest BCUT2D eigenvalue weighted by Gasteiger charge is -2.32. The van der Waals surface area contributed by atoms with Crippen LogP contribution in [0.5, 0.6) is 0 Å². The molecule has 0 amide bonds. The molecule has 0 spiro atoms. The molecule has 2 heterocycles. The summed E-state index contributed by atoms with van der Waals surface area (Å²) >= 11 is 6.04. The topological polar surface area (TPSA) is 62.3 Å². The van der Waals surface area contributed by atoms with Crippen molar-refractivity contribution in [3.05, 3.63) is 53.2 Å². The molecule has 5 nitrogen and oxygen atoms in total. The summed E-state index contributed by atoms with van der Waals surface area (Å²) in [5, 5.41) is 0.464. The van der Waals surface area contributed by atoms with Gasteiger partial charge < -0.3 is 4.90 Å². The predicted molar refractivity (Wildman–Crippen MR) is 101 cm³/mol. The standard InChI is InChI=1S/C18H22ClN3O2S/c1-14-5-6-16(12-17(14)19)25(23,24)21-13-15-7-10-22(11-8-15)18-4-2-3-9-20-18/h2-6,9,12,15,21H,7-8,10-11,13H2,1H3. The fourth-order valence-corrected chi connectivity index (χ4v) is 4.35. The van der Waals surface area contributed by atoms with Gasteiger partial charge in [0.05, 0.1) is 4.90 Å². The van der Waals surface area contributed by atoms with Gasteiger partial charge in [-0.2, -0.15) is 0 Å². The summed E-state index contributed by atoms with van der Waals surface area (Å²) in [4.78, 5) is 6.83. The predicted octanol–water partition coefficient (Wildman–Crippen LogP) is 3.24. The number of aromatic nitrogens is 1. The van der Waals surface area contributed by atoms with Gasteiger partial charge in [-0.1, -0.05) is 23.7 Å². The third-order valence-corrected chi connectivity index (χ3v) is 6.43. The first-order valence-electron chi connectivity index (χ1n) is 8.37. The minimum absolute atomic E-state index is 0.217. The molecular formula is C18H22ClN3O2S. The molecule has 1 saturated heterocycles. The maximum Gasteiger partial charge on any atom is 0.240 e. The zero-order valence-corrected chi connectivity index (χ0v) is 15.7. The average Bonchev–Trinajstić information content (AvgIpc) is 2.63. The average molecular weight is 380 g/mol. The van der Waals surface area contributed by atoms with E-state index in [9.17, 15) is 8.42 Å². The van der Waals surface area contributed by atoms with E-state index in [1.54, 1.807) is 18.3 Å². The van der Waals surface area contributed by atoms with Crippen molar-refractivity contribution in [3.8, 4) is 0 Å². The normalized spacial score (nSPS) is 16.2. The fourth-order valence-electron chi connectivity index (χ4n) is 2.96. The van der Waals surface area contributed by atoms with Crippen molar-refractivity contribution >= 4 is 27.4 Å². The van der Waals surface area contributed by atoms with E-state index in [0.717, 1.165) is 37.3 Å².